The summed E-state index contributed by atoms with van der Waals surface area (Å²) in [6.45, 7) is 0.155. The molecule has 4 heterocycles. The Bertz CT molecular complexity index is 1450. The number of alkyl halides is 2. The van der Waals surface area contributed by atoms with Gasteiger partial charge >= 0.3 is 6.55 Å². The normalized spacial score (nSPS) is 12.4. The fourth-order valence-electron chi connectivity index (χ4n) is 3.03. The lowest BCUT2D eigenvalue weighted by molar-refractivity contribution is 0.0566. The van der Waals surface area contributed by atoms with Gasteiger partial charge in [-0.3, -0.25) is 0 Å². The minimum atomic E-state index is -4.02. The lowest BCUT2D eigenvalue weighted by atomic mass is 10.1. The van der Waals surface area contributed by atoms with E-state index in [1.165, 1.54) is 38.5 Å². The van der Waals surface area contributed by atoms with Crippen LogP contribution in [0.3, 0.4) is 0 Å². The molecule has 0 saturated heterocycles. The zero-order chi connectivity index (χ0) is 23.1. The van der Waals surface area contributed by atoms with E-state index in [2.05, 4.69) is 24.8 Å². The Kier molecular flexibility index (Phi) is 5.23. The highest BCUT2D eigenvalue weighted by Crippen LogP contribution is 2.27. The largest absolute Gasteiger partial charge is 0.339 e. The first kappa shape index (κ1) is 21.5. The number of halogens is 2. The second-order valence-corrected chi connectivity index (χ2v) is 9.16. The minimum absolute atomic E-state index is 0.229. The van der Waals surface area contributed by atoms with Crippen molar-refractivity contribution in [2.45, 2.75) is 31.0 Å². The van der Waals surface area contributed by atoms with Crippen LogP contribution >= 0.6 is 0 Å². The van der Waals surface area contributed by atoms with Crippen LogP contribution in [0.5, 0.6) is 0 Å². The first-order chi connectivity index (χ1) is 15.1. The van der Waals surface area contributed by atoms with E-state index in [1.54, 1.807) is 24.3 Å². The number of pyridine rings is 2. The Morgan fingerprint density at radius 1 is 1.22 bits per heavy atom. The quantitative estimate of drug-likeness (QED) is 0.456. The van der Waals surface area contributed by atoms with Crippen LogP contribution in [0.1, 0.15) is 20.4 Å². The van der Waals surface area contributed by atoms with Gasteiger partial charge in [-0.2, -0.15) is 23.9 Å². The van der Waals surface area contributed by atoms with Gasteiger partial charge in [0.15, 0.2) is 5.03 Å². The van der Waals surface area contributed by atoms with E-state index in [1.807, 2.05) is 6.07 Å². The fourth-order valence-corrected chi connectivity index (χ4v) is 4.33. The maximum absolute atomic E-state index is 12.8. The number of H-pyrrole nitrogens is 1. The average Bonchev–Trinajstić information content (AvgIpc) is 3.40. The molecule has 0 atom stereocenters. The van der Waals surface area contributed by atoms with E-state index < -0.39 is 22.1 Å². The molecule has 164 valence electrons. The summed E-state index contributed by atoms with van der Waals surface area (Å²) in [4.78, 5) is 11.6. The Labute approximate surface area is 181 Å². The molecule has 32 heavy (non-hydrogen) atoms. The number of nitrogens with zero attached hydrogens (tertiary/aromatic N) is 5. The molecule has 4 rings (SSSR count). The lowest BCUT2D eigenvalue weighted by Crippen LogP contribution is -2.42. The second kappa shape index (κ2) is 7.77. The van der Waals surface area contributed by atoms with Crippen LogP contribution in [-0.2, 0) is 10.0 Å². The van der Waals surface area contributed by atoms with Crippen LogP contribution in [0, 0.1) is 11.3 Å². The van der Waals surface area contributed by atoms with Gasteiger partial charge in [-0.05, 0) is 38.1 Å². The molecule has 0 aromatic carbocycles. The number of sulfonamides is 1. The predicted molar refractivity (Wildman–Crippen MR) is 112 cm³/mol. The van der Waals surface area contributed by atoms with E-state index >= 15 is 0 Å². The molecule has 0 spiro atoms. The van der Waals surface area contributed by atoms with Crippen molar-refractivity contribution >= 4 is 21.1 Å². The van der Waals surface area contributed by atoms with Crippen LogP contribution < -0.4 is 4.72 Å². The van der Waals surface area contributed by atoms with Gasteiger partial charge in [0.25, 0.3) is 10.0 Å². The number of hydrogen-bond donors (Lipinski definition) is 2. The molecule has 0 saturated carbocycles. The summed E-state index contributed by atoms with van der Waals surface area (Å²) >= 11 is 0. The first-order valence-corrected chi connectivity index (χ1v) is 10.8. The minimum Gasteiger partial charge on any atom is -0.339 e. The molecule has 0 aliphatic heterocycles. The molecule has 0 bridgehead atoms. The summed E-state index contributed by atoms with van der Waals surface area (Å²) in [5.41, 5.74) is 1.19. The molecular formula is C20H17F2N7O2S. The molecular weight excluding hydrogens is 440 g/mol. The monoisotopic (exact) mass is 457 g/mol. The van der Waals surface area contributed by atoms with E-state index in [-0.39, 0.29) is 5.03 Å². The Balaban J connectivity index is 1.68. The van der Waals surface area contributed by atoms with Gasteiger partial charge in [-0.1, -0.05) is 6.07 Å². The number of hydrogen-bond acceptors (Lipinski definition) is 6. The van der Waals surface area contributed by atoms with E-state index in [0.717, 1.165) is 0 Å². The summed E-state index contributed by atoms with van der Waals surface area (Å²) in [7, 11) is -4.02. The summed E-state index contributed by atoms with van der Waals surface area (Å²) < 4.78 is 53.6. The summed E-state index contributed by atoms with van der Waals surface area (Å²) in [6.07, 6.45) is 4.07. The molecule has 9 nitrogen and oxygen atoms in total. The smallest absolute Gasteiger partial charge is 0.333 e. The Morgan fingerprint density at radius 2 is 2.00 bits per heavy atom. The number of fused-ring (bicyclic) bond motifs is 1. The third kappa shape index (κ3) is 4.20. The highest BCUT2D eigenvalue weighted by atomic mass is 32.2. The summed E-state index contributed by atoms with van der Waals surface area (Å²) in [5.74, 6) is 0. The van der Waals surface area contributed by atoms with Crippen LogP contribution in [0.2, 0.25) is 0 Å². The van der Waals surface area contributed by atoms with Crippen LogP contribution in [0.4, 0.5) is 8.78 Å². The standard InChI is InChI=1S/C20H17F2N7O2S/c1-20(2,11-23)28-32(30,31)17-5-3-4-15(26-17)13-6-12-7-16(27-18(12)24-8-13)14-9-25-29(10-14)19(21)22/h3-10,19,28H,1-2H3,(H,24,27). The molecule has 0 fully saturated rings. The molecule has 4 aromatic heterocycles. The molecule has 0 amide bonds. The maximum atomic E-state index is 12.8. The second-order valence-electron chi connectivity index (χ2n) is 7.53. The zero-order valence-electron chi connectivity index (χ0n) is 16.9. The van der Waals surface area contributed by atoms with Crippen molar-refractivity contribution in [2.75, 3.05) is 0 Å². The van der Waals surface area contributed by atoms with Crippen LogP contribution in [0.25, 0.3) is 33.5 Å². The molecule has 2 N–H and O–H groups in total. The highest BCUT2D eigenvalue weighted by molar-refractivity contribution is 7.89. The molecule has 0 aliphatic carbocycles. The summed E-state index contributed by atoms with van der Waals surface area (Å²) in [5, 5.41) is 13.2. The van der Waals surface area contributed by atoms with Crippen molar-refractivity contribution < 1.29 is 17.2 Å². The van der Waals surface area contributed by atoms with Crippen molar-refractivity contribution in [3.05, 3.63) is 48.9 Å². The van der Waals surface area contributed by atoms with Gasteiger partial charge in [0.2, 0.25) is 0 Å². The fraction of sp³-hybridized carbons (Fsp3) is 0.200. The van der Waals surface area contributed by atoms with Gasteiger partial charge in [0.1, 0.15) is 11.2 Å². The maximum Gasteiger partial charge on any atom is 0.333 e. The van der Waals surface area contributed by atoms with Gasteiger partial charge in [0.05, 0.1) is 23.7 Å². The van der Waals surface area contributed by atoms with E-state index in [4.69, 9.17) is 5.26 Å². The van der Waals surface area contributed by atoms with Crippen molar-refractivity contribution in [3.63, 3.8) is 0 Å². The van der Waals surface area contributed by atoms with Gasteiger partial charge in [-0.25, -0.2) is 23.1 Å². The lowest BCUT2D eigenvalue weighted by Gasteiger charge is -2.17. The number of rotatable bonds is 6. The van der Waals surface area contributed by atoms with Gasteiger partial charge < -0.3 is 4.98 Å². The number of aromatic nitrogens is 5. The topological polar surface area (TPSA) is 129 Å². The number of aromatic amines is 1. The summed E-state index contributed by atoms with van der Waals surface area (Å²) in [6, 6.07) is 9.88. The molecule has 4 aromatic rings. The Morgan fingerprint density at radius 3 is 2.69 bits per heavy atom. The first-order valence-electron chi connectivity index (χ1n) is 9.32. The van der Waals surface area contributed by atoms with Crippen molar-refractivity contribution in [3.8, 4) is 28.6 Å². The third-order valence-corrected chi connectivity index (χ3v) is 6.10. The third-order valence-electron chi connectivity index (χ3n) is 4.55. The van der Waals surface area contributed by atoms with Crippen molar-refractivity contribution in [2.24, 2.45) is 0 Å². The molecule has 12 heteroatoms. The van der Waals surface area contributed by atoms with E-state index in [0.29, 0.717) is 38.2 Å². The van der Waals surface area contributed by atoms with Gasteiger partial charge in [-0.15, -0.1) is 0 Å². The van der Waals surface area contributed by atoms with Crippen molar-refractivity contribution in [1.29, 1.82) is 5.26 Å². The van der Waals surface area contributed by atoms with Gasteiger partial charge in [0, 0.05) is 28.9 Å². The van der Waals surface area contributed by atoms with Crippen LogP contribution in [0.15, 0.2) is 53.9 Å². The molecule has 0 unspecified atom stereocenters. The zero-order valence-corrected chi connectivity index (χ0v) is 17.7. The predicted octanol–water partition coefficient (Wildman–Crippen LogP) is 3.46. The Hall–Kier alpha value is -3.69. The number of nitriles is 1. The number of nitrogens with one attached hydrogen (secondary N) is 2. The molecule has 0 aliphatic rings. The van der Waals surface area contributed by atoms with Crippen LogP contribution in [-0.4, -0.2) is 38.7 Å². The average molecular weight is 457 g/mol. The van der Waals surface area contributed by atoms with Crippen molar-refractivity contribution in [1.82, 2.24) is 29.5 Å². The SMILES string of the molecule is CC(C)(C#N)NS(=O)(=O)c1cccc(-c2cnc3[nH]c(-c4cnn(C(F)F)c4)cc3c2)n1. The van der Waals surface area contributed by atoms with E-state index in [9.17, 15) is 17.2 Å². The molecule has 0 radical (unpaired) electrons. The highest BCUT2D eigenvalue weighted by Gasteiger charge is 2.27.